The van der Waals surface area contributed by atoms with Crippen molar-refractivity contribution in [2.75, 3.05) is 20.7 Å². The van der Waals surface area contributed by atoms with Gasteiger partial charge in [-0.05, 0) is 74.7 Å². The number of H-pyrrole nitrogens is 1. The number of halogens is 1. The van der Waals surface area contributed by atoms with Gasteiger partial charge in [-0.25, -0.2) is 4.39 Å². The molecule has 3 nitrogen and oxygen atoms in total. The van der Waals surface area contributed by atoms with Crippen LogP contribution in [-0.4, -0.2) is 35.7 Å². The van der Waals surface area contributed by atoms with Crippen molar-refractivity contribution in [3.8, 4) is 0 Å². The minimum absolute atomic E-state index is 0.0139. The van der Waals surface area contributed by atoms with Gasteiger partial charge in [0.25, 0.3) is 0 Å². The van der Waals surface area contributed by atoms with Gasteiger partial charge in [-0.15, -0.1) is 0 Å². The summed E-state index contributed by atoms with van der Waals surface area (Å²) in [6.45, 7) is 0.0510. The second kappa shape index (κ2) is 7.53. The fraction of sp³-hybridized carbons (Fsp3) is 0.333. The van der Waals surface area contributed by atoms with Gasteiger partial charge in [0.2, 0.25) is 0 Å². The number of hydrogen-bond donors (Lipinski definition) is 2. The summed E-state index contributed by atoms with van der Waals surface area (Å²) in [5.41, 5.74) is 5.57. The topological polar surface area (TPSA) is 39.3 Å². The van der Waals surface area contributed by atoms with Gasteiger partial charge in [0.05, 0.1) is 0 Å². The van der Waals surface area contributed by atoms with Crippen molar-refractivity contribution in [2.45, 2.75) is 31.2 Å². The number of allylic oxidation sites excluding steroid dienone is 1. The van der Waals surface area contributed by atoms with Gasteiger partial charge in [-0.3, -0.25) is 4.90 Å². The summed E-state index contributed by atoms with van der Waals surface area (Å²) >= 11 is 0. The molecule has 1 heterocycles. The van der Waals surface area contributed by atoms with E-state index in [1.807, 2.05) is 0 Å². The van der Waals surface area contributed by atoms with Crippen LogP contribution in [0.5, 0.6) is 0 Å². The maximum atomic E-state index is 13.8. The first-order valence-electron chi connectivity index (χ1n) is 9.88. The fourth-order valence-electron chi connectivity index (χ4n) is 4.61. The van der Waals surface area contributed by atoms with E-state index >= 15 is 0 Å². The smallest absolute Gasteiger partial charge is 0.123 e. The number of aliphatic hydroxyl groups is 1. The van der Waals surface area contributed by atoms with Crippen LogP contribution in [0.1, 0.15) is 36.1 Å². The summed E-state index contributed by atoms with van der Waals surface area (Å²) in [5, 5.41) is 10.4. The first-order chi connectivity index (χ1) is 13.5. The maximum Gasteiger partial charge on any atom is 0.123 e. The van der Waals surface area contributed by atoms with Gasteiger partial charge in [0.15, 0.2) is 0 Å². The Morgan fingerprint density at radius 3 is 2.57 bits per heavy atom. The monoisotopic (exact) mass is 378 g/mol. The zero-order valence-corrected chi connectivity index (χ0v) is 16.5. The molecule has 0 saturated heterocycles. The highest BCUT2D eigenvalue weighted by Crippen LogP contribution is 2.43. The van der Waals surface area contributed by atoms with Crippen LogP contribution in [0, 0.1) is 5.82 Å². The molecule has 0 spiro atoms. The van der Waals surface area contributed by atoms with Gasteiger partial charge in [0, 0.05) is 28.7 Å². The van der Waals surface area contributed by atoms with Crippen molar-refractivity contribution < 1.29 is 9.50 Å². The highest BCUT2D eigenvalue weighted by atomic mass is 19.1. The summed E-state index contributed by atoms with van der Waals surface area (Å²) in [7, 11) is 4.30. The van der Waals surface area contributed by atoms with Crippen LogP contribution in [-0.2, 0) is 12.0 Å². The third-order valence-corrected chi connectivity index (χ3v) is 6.21. The Labute approximate surface area is 165 Å². The molecule has 2 N–H and O–H groups in total. The number of aromatic amines is 1. The van der Waals surface area contributed by atoms with Gasteiger partial charge in [-0.2, -0.15) is 0 Å². The average molecular weight is 378 g/mol. The van der Waals surface area contributed by atoms with Crippen molar-refractivity contribution in [3.63, 3.8) is 0 Å². The van der Waals surface area contributed by atoms with Crippen LogP contribution in [0.4, 0.5) is 4.39 Å². The summed E-state index contributed by atoms with van der Waals surface area (Å²) < 4.78 is 13.8. The van der Waals surface area contributed by atoms with Crippen LogP contribution >= 0.6 is 0 Å². The molecule has 146 valence electrons. The molecule has 0 fully saturated rings. The van der Waals surface area contributed by atoms with E-state index < -0.39 is 0 Å². The molecule has 3 aromatic rings. The lowest BCUT2D eigenvalue weighted by Gasteiger charge is -2.43. The number of nitrogens with one attached hydrogen (secondary N) is 1. The average Bonchev–Trinajstić information content (AvgIpc) is 3.06. The van der Waals surface area contributed by atoms with E-state index in [1.54, 1.807) is 12.1 Å². The fourth-order valence-corrected chi connectivity index (χ4v) is 4.61. The maximum absolute atomic E-state index is 13.8. The molecule has 1 aliphatic rings. The Kier molecular flexibility index (Phi) is 5.09. The van der Waals surface area contributed by atoms with Gasteiger partial charge in [0.1, 0.15) is 5.82 Å². The summed E-state index contributed by atoms with van der Waals surface area (Å²) in [6, 6.07) is 15.5. The van der Waals surface area contributed by atoms with Gasteiger partial charge >= 0.3 is 0 Å². The lowest BCUT2D eigenvalue weighted by atomic mass is 9.75. The number of benzene rings is 2. The molecule has 0 bridgehead atoms. The molecule has 1 aliphatic carbocycles. The largest absolute Gasteiger partial charge is 0.396 e. The van der Waals surface area contributed by atoms with Crippen LogP contribution in [0.25, 0.3) is 16.5 Å². The number of hydrogen-bond acceptors (Lipinski definition) is 2. The quantitative estimate of drug-likeness (QED) is 0.665. The molecule has 2 aromatic carbocycles. The molecule has 0 radical (unpaired) electrons. The lowest BCUT2D eigenvalue weighted by Crippen LogP contribution is -2.42. The van der Waals surface area contributed by atoms with Crippen molar-refractivity contribution in [1.29, 1.82) is 0 Å². The Morgan fingerprint density at radius 1 is 1.14 bits per heavy atom. The van der Waals surface area contributed by atoms with Crippen LogP contribution in [0.2, 0.25) is 0 Å². The molecular formula is C24H27FN2O. The molecule has 0 saturated carbocycles. The van der Waals surface area contributed by atoms with E-state index in [0.29, 0.717) is 6.42 Å². The van der Waals surface area contributed by atoms with E-state index in [-0.39, 0.29) is 18.0 Å². The van der Waals surface area contributed by atoms with Crippen molar-refractivity contribution in [3.05, 3.63) is 77.2 Å². The highest BCUT2D eigenvalue weighted by Gasteiger charge is 2.36. The molecule has 4 heteroatoms. The third-order valence-electron chi connectivity index (χ3n) is 6.21. The molecule has 0 aliphatic heterocycles. The first-order valence-corrected chi connectivity index (χ1v) is 9.88. The second-order valence-electron chi connectivity index (χ2n) is 7.87. The number of rotatable bonds is 5. The van der Waals surface area contributed by atoms with Crippen LogP contribution in [0.3, 0.4) is 0 Å². The van der Waals surface area contributed by atoms with Crippen molar-refractivity contribution >= 4 is 16.5 Å². The molecule has 0 amide bonds. The van der Waals surface area contributed by atoms with E-state index in [2.05, 4.69) is 60.4 Å². The predicted molar refractivity (Wildman–Crippen MR) is 113 cm³/mol. The van der Waals surface area contributed by atoms with E-state index in [1.165, 1.54) is 17.2 Å². The molecule has 1 aromatic heterocycles. The van der Waals surface area contributed by atoms with Gasteiger partial charge < -0.3 is 10.1 Å². The summed E-state index contributed by atoms with van der Waals surface area (Å²) in [5.74, 6) is -0.245. The van der Waals surface area contributed by atoms with Crippen molar-refractivity contribution in [1.82, 2.24) is 9.88 Å². The summed E-state index contributed by atoms with van der Waals surface area (Å²) in [4.78, 5) is 5.81. The van der Waals surface area contributed by atoms with Crippen molar-refractivity contribution in [2.24, 2.45) is 0 Å². The Hall–Kier alpha value is -2.43. The normalized spacial score (nSPS) is 20.0. The van der Waals surface area contributed by atoms with Crippen LogP contribution < -0.4 is 0 Å². The van der Waals surface area contributed by atoms with Crippen LogP contribution in [0.15, 0.2) is 54.6 Å². The Morgan fingerprint density at radius 2 is 1.93 bits per heavy atom. The molecule has 1 unspecified atom stereocenters. The SMILES string of the molecule is CN(C)C1(c2ccccc2)CC=C(c2[nH]c3ccc(F)cc3c2CCO)CC1. The first kappa shape index (κ1) is 18.9. The molecule has 28 heavy (non-hydrogen) atoms. The minimum atomic E-state index is -0.245. The molecular weight excluding hydrogens is 351 g/mol. The van der Waals surface area contributed by atoms with E-state index in [0.717, 1.165) is 41.4 Å². The lowest BCUT2D eigenvalue weighted by molar-refractivity contribution is 0.138. The second-order valence-corrected chi connectivity index (χ2v) is 7.87. The molecule has 1 atom stereocenters. The minimum Gasteiger partial charge on any atom is -0.396 e. The summed E-state index contributed by atoms with van der Waals surface area (Å²) in [6.07, 6.45) is 5.70. The van der Waals surface area contributed by atoms with E-state index in [4.69, 9.17) is 0 Å². The standard InChI is InChI=1S/C24H27FN2O/c1-27(2)24(18-6-4-3-5-7-18)13-10-17(11-14-24)23-20(12-15-28)21-16-19(25)8-9-22(21)26-23/h3-10,16,26,28H,11-15H2,1-2H3. The van der Waals surface area contributed by atoms with Gasteiger partial charge in [-0.1, -0.05) is 36.4 Å². The zero-order valence-electron chi connectivity index (χ0n) is 16.5. The predicted octanol–water partition coefficient (Wildman–Crippen LogP) is 4.87. The molecule has 4 rings (SSSR count). The third kappa shape index (κ3) is 3.17. The Balaban J connectivity index is 1.75. The number of aromatic nitrogens is 1. The highest BCUT2D eigenvalue weighted by molar-refractivity contribution is 5.89. The number of nitrogens with zero attached hydrogens (tertiary/aromatic N) is 1. The number of aliphatic hydroxyl groups excluding tert-OH is 1. The zero-order chi connectivity index (χ0) is 19.7. The van der Waals surface area contributed by atoms with E-state index in [9.17, 15) is 9.50 Å². The Bertz CT molecular complexity index is 1010. The number of fused-ring (bicyclic) bond motifs is 1.